The molecule has 1 N–H and O–H groups in total. The molecule has 0 aliphatic rings. The molecule has 104 valence electrons. The minimum absolute atomic E-state index is 0.000203. The van der Waals surface area contributed by atoms with Crippen molar-refractivity contribution in [3.8, 4) is 0 Å². The summed E-state index contributed by atoms with van der Waals surface area (Å²) in [4.78, 5) is 23.5. The van der Waals surface area contributed by atoms with Gasteiger partial charge in [0.1, 0.15) is 0 Å². The Bertz CT molecular complexity index is 462. The first kappa shape index (κ1) is 15.1. The third kappa shape index (κ3) is 4.33. The van der Waals surface area contributed by atoms with E-state index in [1.54, 1.807) is 24.1 Å². The maximum absolute atomic E-state index is 11.6. The zero-order valence-corrected chi connectivity index (χ0v) is 11.4. The van der Waals surface area contributed by atoms with Gasteiger partial charge in [-0.05, 0) is 19.4 Å². The van der Waals surface area contributed by atoms with Gasteiger partial charge < -0.3 is 10.2 Å². The van der Waals surface area contributed by atoms with Crippen LogP contribution in [-0.4, -0.2) is 35.9 Å². The van der Waals surface area contributed by atoms with Crippen molar-refractivity contribution in [3.05, 3.63) is 39.9 Å². The highest BCUT2D eigenvalue weighted by Crippen LogP contribution is 2.18. The Morgan fingerprint density at radius 3 is 2.79 bits per heavy atom. The average Bonchev–Trinajstić information content (AvgIpc) is 2.43. The van der Waals surface area contributed by atoms with Crippen LogP contribution in [0.2, 0.25) is 0 Å². The van der Waals surface area contributed by atoms with Crippen LogP contribution in [0.15, 0.2) is 24.3 Å². The van der Waals surface area contributed by atoms with E-state index in [9.17, 15) is 14.9 Å². The van der Waals surface area contributed by atoms with E-state index < -0.39 is 4.92 Å². The maximum atomic E-state index is 11.6. The van der Waals surface area contributed by atoms with E-state index in [4.69, 9.17) is 0 Å². The van der Waals surface area contributed by atoms with Crippen molar-refractivity contribution in [2.24, 2.45) is 0 Å². The highest BCUT2D eigenvalue weighted by molar-refractivity contribution is 5.77. The fraction of sp³-hybridized carbons (Fsp3) is 0.462. The lowest BCUT2D eigenvalue weighted by Gasteiger charge is -2.18. The van der Waals surface area contributed by atoms with Crippen molar-refractivity contribution in [3.63, 3.8) is 0 Å². The second-order valence-electron chi connectivity index (χ2n) is 4.36. The van der Waals surface area contributed by atoms with E-state index in [0.717, 1.165) is 5.56 Å². The van der Waals surface area contributed by atoms with E-state index in [2.05, 4.69) is 5.32 Å². The zero-order valence-electron chi connectivity index (χ0n) is 11.4. The first-order chi connectivity index (χ1) is 8.95. The number of nitro groups is 1. The van der Waals surface area contributed by atoms with Gasteiger partial charge in [0, 0.05) is 31.8 Å². The number of nitro benzene ring substituents is 1. The van der Waals surface area contributed by atoms with Gasteiger partial charge >= 0.3 is 0 Å². The molecule has 0 aliphatic heterocycles. The molecule has 6 nitrogen and oxygen atoms in total. The van der Waals surface area contributed by atoms with E-state index >= 15 is 0 Å². The fourth-order valence-electron chi connectivity index (χ4n) is 1.58. The van der Waals surface area contributed by atoms with Gasteiger partial charge in [-0.1, -0.05) is 12.1 Å². The minimum atomic E-state index is -0.424. The standard InChI is InChI=1S/C13H19N3O3/c1-4-15(3)13(17)9-14-10(2)11-6-5-7-12(8-11)16(18)19/h5-8,10,14H,4,9H2,1-3H3. The summed E-state index contributed by atoms with van der Waals surface area (Å²) in [6.45, 7) is 4.65. The summed E-state index contributed by atoms with van der Waals surface area (Å²) in [6, 6.07) is 6.30. The van der Waals surface area contributed by atoms with Crippen molar-refractivity contribution in [1.82, 2.24) is 10.2 Å². The Hall–Kier alpha value is -1.95. The summed E-state index contributed by atoms with van der Waals surface area (Å²) >= 11 is 0. The number of rotatable bonds is 6. The van der Waals surface area contributed by atoms with Gasteiger partial charge in [0.05, 0.1) is 11.5 Å². The van der Waals surface area contributed by atoms with Gasteiger partial charge in [0.25, 0.3) is 5.69 Å². The Labute approximate surface area is 112 Å². The number of amides is 1. The summed E-state index contributed by atoms with van der Waals surface area (Å²) in [5.41, 5.74) is 0.851. The van der Waals surface area contributed by atoms with Crippen molar-refractivity contribution < 1.29 is 9.72 Å². The van der Waals surface area contributed by atoms with Crippen LogP contribution in [0, 0.1) is 10.1 Å². The van der Waals surface area contributed by atoms with E-state index in [1.165, 1.54) is 12.1 Å². The van der Waals surface area contributed by atoms with Gasteiger partial charge in [-0.15, -0.1) is 0 Å². The quantitative estimate of drug-likeness (QED) is 0.627. The zero-order chi connectivity index (χ0) is 14.4. The highest BCUT2D eigenvalue weighted by atomic mass is 16.6. The molecule has 0 saturated heterocycles. The molecule has 0 radical (unpaired) electrons. The molecule has 0 fully saturated rings. The van der Waals surface area contributed by atoms with Crippen molar-refractivity contribution in [2.45, 2.75) is 19.9 Å². The van der Waals surface area contributed by atoms with Crippen LogP contribution in [-0.2, 0) is 4.79 Å². The topological polar surface area (TPSA) is 75.5 Å². The van der Waals surface area contributed by atoms with Crippen LogP contribution in [0.1, 0.15) is 25.5 Å². The van der Waals surface area contributed by atoms with E-state index in [-0.39, 0.29) is 24.2 Å². The molecule has 6 heteroatoms. The first-order valence-electron chi connectivity index (χ1n) is 6.17. The van der Waals surface area contributed by atoms with Gasteiger partial charge in [-0.2, -0.15) is 0 Å². The van der Waals surface area contributed by atoms with Crippen LogP contribution in [0.5, 0.6) is 0 Å². The number of carbonyl (C=O) groups excluding carboxylic acids is 1. The number of benzene rings is 1. The smallest absolute Gasteiger partial charge is 0.269 e. The lowest BCUT2D eigenvalue weighted by atomic mass is 10.1. The van der Waals surface area contributed by atoms with Crippen molar-refractivity contribution >= 4 is 11.6 Å². The third-order valence-corrected chi connectivity index (χ3v) is 3.04. The summed E-state index contributed by atoms with van der Waals surface area (Å²) in [5, 5.41) is 13.8. The average molecular weight is 265 g/mol. The largest absolute Gasteiger partial charge is 0.345 e. The normalized spacial score (nSPS) is 11.9. The Balaban J connectivity index is 2.63. The molecule has 1 rings (SSSR count). The SMILES string of the molecule is CCN(C)C(=O)CNC(C)c1cccc([N+](=O)[O-])c1. The molecule has 0 heterocycles. The number of nitrogens with one attached hydrogen (secondary N) is 1. The molecule has 1 aromatic rings. The fourth-order valence-corrected chi connectivity index (χ4v) is 1.58. The minimum Gasteiger partial charge on any atom is -0.345 e. The molecule has 1 unspecified atom stereocenters. The molecular weight excluding hydrogens is 246 g/mol. The predicted molar refractivity (Wildman–Crippen MR) is 72.8 cm³/mol. The predicted octanol–water partition coefficient (Wildman–Crippen LogP) is 1.72. The number of hydrogen-bond acceptors (Lipinski definition) is 4. The molecular formula is C13H19N3O3. The van der Waals surface area contributed by atoms with Gasteiger partial charge in [0.2, 0.25) is 5.91 Å². The lowest BCUT2D eigenvalue weighted by Crippen LogP contribution is -2.36. The van der Waals surface area contributed by atoms with Crippen molar-refractivity contribution in [2.75, 3.05) is 20.1 Å². The Kier molecular flexibility index (Phi) is 5.44. The number of non-ortho nitro benzene ring substituents is 1. The second kappa shape index (κ2) is 6.84. The van der Waals surface area contributed by atoms with Crippen LogP contribution in [0.4, 0.5) is 5.69 Å². The van der Waals surface area contributed by atoms with Gasteiger partial charge in [-0.25, -0.2) is 0 Å². The molecule has 0 aliphatic carbocycles. The summed E-state index contributed by atoms with van der Waals surface area (Å²) in [7, 11) is 1.74. The number of likely N-dealkylation sites (N-methyl/N-ethyl adjacent to an activating group) is 1. The van der Waals surface area contributed by atoms with Crippen LogP contribution in [0.3, 0.4) is 0 Å². The summed E-state index contributed by atoms with van der Waals surface area (Å²) < 4.78 is 0. The van der Waals surface area contributed by atoms with Crippen LogP contribution in [0.25, 0.3) is 0 Å². The molecule has 0 spiro atoms. The number of nitrogens with zero attached hydrogens (tertiary/aromatic N) is 2. The molecule has 0 bridgehead atoms. The number of carbonyl (C=O) groups is 1. The molecule has 19 heavy (non-hydrogen) atoms. The molecule has 0 aromatic heterocycles. The summed E-state index contributed by atoms with van der Waals surface area (Å²) in [6.07, 6.45) is 0. The van der Waals surface area contributed by atoms with E-state index in [1.807, 2.05) is 13.8 Å². The monoisotopic (exact) mass is 265 g/mol. The molecule has 1 aromatic carbocycles. The number of hydrogen-bond donors (Lipinski definition) is 1. The summed E-state index contributed by atoms with van der Waals surface area (Å²) in [5.74, 6) is -0.000203. The van der Waals surface area contributed by atoms with Crippen LogP contribution >= 0.6 is 0 Å². The van der Waals surface area contributed by atoms with Gasteiger partial charge in [-0.3, -0.25) is 14.9 Å². The van der Waals surface area contributed by atoms with Crippen molar-refractivity contribution in [1.29, 1.82) is 0 Å². The van der Waals surface area contributed by atoms with Crippen LogP contribution < -0.4 is 5.32 Å². The third-order valence-electron chi connectivity index (χ3n) is 3.04. The van der Waals surface area contributed by atoms with Gasteiger partial charge in [0.15, 0.2) is 0 Å². The first-order valence-corrected chi connectivity index (χ1v) is 6.17. The highest BCUT2D eigenvalue weighted by Gasteiger charge is 2.12. The Morgan fingerprint density at radius 2 is 2.21 bits per heavy atom. The Morgan fingerprint density at radius 1 is 1.53 bits per heavy atom. The van der Waals surface area contributed by atoms with E-state index in [0.29, 0.717) is 6.54 Å². The lowest BCUT2D eigenvalue weighted by molar-refractivity contribution is -0.384. The second-order valence-corrected chi connectivity index (χ2v) is 4.36. The molecule has 1 atom stereocenters. The maximum Gasteiger partial charge on any atom is 0.269 e. The molecule has 1 amide bonds. The molecule has 0 saturated carbocycles.